The Bertz CT molecular complexity index is 987. The van der Waals surface area contributed by atoms with Crippen LogP contribution in [0.25, 0.3) is 0 Å². The number of amides is 1. The minimum atomic E-state index is -3.53. The third-order valence-corrected chi connectivity index (χ3v) is 14.3. The van der Waals surface area contributed by atoms with Crippen LogP contribution in [0.15, 0.2) is 0 Å². The van der Waals surface area contributed by atoms with Crippen molar-refractivity contribution in [2.24, 2.45) is 52.3 Å². The lowest BCUT2D eigenvalue weighted by Gasteiger charge is -2.64. The molecule has 11 atom stereocenters. The van der Waals surface area contributed by atoms with Crippen LogP contribution in [0.2, 0.25) is 0 Å². The van der Waals surface area contributed by atoms with Crippen molar-refractivity contribution in [1.29, 1.82) is 0 Å². The topological polar surface area (TPSA) is 104 Å². The normalized spacial score (nSPS) is 46.9. The Kier molecular flexibility index (Phi) is 7.93. The highest BCUT2D eigenvalue weighted by atomic mass is 32.2. The number of aliphatic hydroxyl groups excluding tert-OH is 2. The van der Waals surface area contributed by atoms with Crippen LogP contribution in [0.1, 0.15) is 98.3 Å². The van der Waals surface area contributed by atoms with Crippen molar-refractivity contribution >= 4 is 16.1 Å². The van der Waals surface area contributed by atoms with Gasteiger partial charge in [0.15, 0.2) is 0 Å². The number of carbonyl (C=O) groups excluding carboxylic acids is 1. The molecule has 2 N–H and O–H groups in total. The van der Waals surface area contributed by atoms with Crippen molar-refractivity contribution in [3.8, 4) is 0 Å². The van der Waals surface area contributed by atoms with Gasteiger partial charge in [-0.05, 0) is 116 Å². The van der Waals surface area contributed by atoms with Gasteiger partial charge in [0.05, 0.1) is 24.6 Å². The number of aliphatic hydroxyl groups is 2. The average molecular weight is 554 g/mol. The van der Waals surface area contributed by atoms with E-state index in [1.54, 1.807) is 0 Å². The second kappa shape index (κ2) is 10.5. The number of hydrogen-bond acceptors (Lipinski definition) is 6. The van der Waals surface area contributed by atoms with E-state index in [0.717, 1.165) is 55.7 Å². The summed E-state index contributed by atoms with van der Waals surface area (Å²) in [6.45, 7) is 9.89. The second-order valence-electron chi connectivity index (χ2n) is 14.1. The van der Waals surface area contributed by atoms with Crippen molar-refractivity contribution in [3.63, 3.8) is 0 Å². The van der Waals surface area contributed by atoms with Gasteiger partial charge in [0.2, 0.25) is 10.0 Å². The molecule has 38 heavy (non-hydrogen) atoms. The van der Waals surface area contributed by atoms with E-state index in [2.05, 4.69) is 27.7 Å². The van der Waals surface area contributed by atoms with Crippen LogP contribution < -0.4 is 0 Å². The number of hydrogen-bond donors (Lipinski definition) is 2. The van der Waals surface area contributed by atoms with E-state index in [4.69, 9.17) is 4.74 Å². The van der Waals surface area contributed by atoms with Crippen molar-refractivity contribution < 1.29 is 28.2 Å². The molecule has 8 heteroatoms. The monoisotopic (exact) mass is 553 g/mol. The first-order chi connectivity index (χ1) is 17.9. The summed E-state index contributed by atoms with van der Waals surface area (Å²) in [4.78, 5) is 12.5. The first kappa shape index (κ1) is 28.7. The lowest BCUT2D eigenvalue weighted by atomic mass is 9.41. The summed E-state index contributed by atoms with van der Waals surface area (Å²) in [6.07, 6.45) is 9.19. The molecule has 4 saturated carbocycles. The van der Waals surface area contributed by atoms with Crippen molar-refractivity contribution in [2.75, 3.05) is 18.9 Å². The highest BCUT2D eigenvalue weighted by Crippen LogP contribution is 2.69. The molecular weight excluding hydrogens is 502 g/mol. The van der Waals surface area contributed by atoms with Gasteiger partial charge in [0.25, 0.3) is 0 Å². The van der Waals surface area contributed by atoms with Crippen LogP contribution in [0.3, 0.4) is 0 Å². The summed E-state index contributed by atoms with van der Waals surface area (Å²) in [5.74, 6) is 2.93. The molecule has 0 bridgehead atoms. The first-order valence-corrected chi connectivity index (χ1v) is 17.1. The SMILES string of the molecule is CC[C@H]1[C@@H](O)[C@@H]2[C@H](CC[C@]3(C)[C@@H]([C@H](C)CCOC(=O)N4CCCCS4(=O)=O)CC[C@@H]23)[C@@]2(C)CC[C@@H](O)C[C@@H]12. The molecule has 1 amide bonds. The minimum Gasteiger partial charge on any atom is -0.449 e. The molecule has 4 aliphatic carbocycles. The zero-order chi connectivity index (χ0) is 27.5. The third-order valence-electron chi connectivity index (χ3n) is 12.5. The van der Waals surface area contributed by atoms with Crippen molar-refractivity contribution in [3.05, 3.63) is 0 Å². The van der Waals surface area contributed by atoms with Crippen LogP contribution >= 0.6 is 0 Å². The summed E-state index contributed by atoms with van der Waals surface area (Å²) < 4.78 is 30.9. The van der Waals surface area contributed by atoms with Gasteiger partial charge in [-0.3, -0.25) is 0 Å². The summed E-state index contributed by atoms with van der Waals surface area (Å²) in [7, 11) is -3.53. The molecule has 7 nitrogen and oxygen atoms in total. The maximum absolute atomic E-state index is 12.5. The van der Waals surface area contributed by atoms with Gasteiger partial charge in [-0.1, -0.05) is 34.1 Å². The van der Waals surface area contributed by atoms with Crippen LogP contribution in [0.4, 0.5) is 4.79 Å². The van der Waals surface area contributed by atoms with E-state index in [1.165, 1.54) is 6.42 Å². The van der Waals surface area contributed by atoms with E-state index >= 15 is 0 Å². The largest absolute Gasteiger partial charge is 0.449 e. The molecule has 0 aromatic carbocycles. The molecule has 5 fully saturated rings. The van der Waals surface area contributed by atoms with Crippen LogP contribution in [-0.2, 0) is 14.8 Å². The number of ether oxygens (including phenoxy) is 1. The number of sulfonamides is 1. The molecule has 0 radical (unpaired) electrons. The number of nitrogens with zero attached hydrogens (tertiary/aromatic N) is 1. The van der Waals surface area contributed by atoms with Crippen molar-refractivity contribution in [2.45, 2.75) is 111 Å². The van der Waals surface area contributed by atoms with Gasteiger partial charge in [-0.2, -0.15) is 0 Å². The van der Waals surface area contributed by atoms with E-state index in [9.17, 15) is 23.4 Å². The number of rotatable bonds is 5. The average Bonchev–Trinajstić information content (AvgIpc) is 3.22. The first-order valence-electron chi connectivity index (χ1n) is 15.5. The fraction of sp³-hybridized carbons (Fsp3) is 0.967. The molecule has 1 aliphatic heterocycles. The smallest absolute Gasteiger partial charge is 0.423 e. The summed E-state index contributed by atoms with van der Waals surface area (Å²) in [6, 6.07) is 0. The lowest BCUT2D eigenvalue weighted by Crippen LogP contribution is -2.62. The Morgan fingerprint density at radius 1 is 1.03 bits per heavy atom. The minimum absolute atomic E-state index is 0.0214. The molecule has 1 saturated heterocycles. The van der Waals surface area contributed by atoms with Gasteiger partial charge >= 0.3 is 6.09 Å². The highest BCUT2D eigenvalue weighted by molar-refractivity contribution is 7.89. The fourth-order valence-electron chi connectivity index (χ4n) is 10.5. The Labute approximate surface area is 230 Å². The Morgan fingerprint density at radius 2 is 1.74 bits per heavy atom. The maximum Gasteiger partial charge on any atom is 0.423 e. The Morgan fingerprint density at radius 3 is 2.45 bits per heavy atom. The van der Waals surface area contributed by atoms with E-state index in [-0.39, 0.29) is 47.9 Å². The van der Waals surface area contributed by atoms with Crippen LogP contribution in [0.5, 0.6) is 0 Å². The molecule has 0 aromatic heterocycles. The summed E-state index contributed by atoms with van der Waals surface area (Å²) in [5.41, 5.74) is 0.370. The van der Waals surface area contributed by atoms with Gasteiger partial charge < -0.3 is 14.9 Å². The predicted molar refractivity (Wildman–Crippen MR) is 147 cm³/mol. The Hall–Kier alpha value is -0.860. The molecular formula is C30H51NO6S. The second-order valence-corrected chi connectivity index (χ2v) is 16.1. The third kappa shape index (κ3) is 4.62. The molecule has 5 rings (SSSR count). The van der Waals surface area contributed by atoms with E-state index in [1.807, 2.05) is 0 Å². The van der Waals surface area contributed by atoms with Crippen LogP contribution in [-0.4, -0.2) is 60.1 Å². The van der Waals surface area contributed by atoms with Gasteiger partial charge in [-0.25, -0.2) is 17.5 Å². The van der Waals surface area contributed by atoms with Gasteiger partial charge in [0.1, 0.15) is 0 Å². The summed E-state index contributed by atoms with van der Waals surface area (Å²) in [5, 5.41) is 22.4. The Balaban J connectivity index is 1.26. The fourth-order valence-corrected chi connectivity index (χ4v) is 12.0. The molecule has 0 spiro atoms. The number of fused-ring (bicyclic) bond motifs is 5. The molecule has 0 aromatic rings. The zero-order valence-electron chi connectivity index (χ0n) is 24.0. The molecule has 5 aliphatic rings. The maximum atomic E-state index is 12.5. The van der Waals surface area contributed by atoms with Crippen LogP contribution in [0, 0.1) is 52.3 Å². The van der Waals surface area contributed by atoms with Crippen molar-refractivity contribution in [1.82, 2.24) is 4.31 Å². The highest BCUT2D eigenvalue weighted by Gasteiger charge is 2.64. The molecule has 0 unspecified atom stereocenters. The standard InChI is InChI=1S/C30H51NO6S/c1-5-21-25-18-20(32)10-13-30(25,4)24-11-14-29(3)22(8-9-23(29)26(24)27(21)33)19(2)12-16-37-28(34)31-15-6-7-17-38(31,35)36/h19-27,32-33H,5-18H2,1-4H3/t19-,20-,21-,22-,23+,24+,25+,26+,27-,29-,30-/m1/s1. The number of carbonyl (C=O) groups is 1. The van der Waals surface area contributed by atoms with E-state index < -0.39 is 16.1 Å². The van der Waals surface area contributed by atoms with E-state index in [0.29, 0.717) is 48.3 Å². The quantitative estimate of drug-likeness (QED) is 0.485. The van der Waals surface area contributed by atoms with Gasteiger partial charge in [0, 0.05) is 6.54 Å². The van der Waals surface area contributed by atoms with Gasteiger partial charge in [-0.15, -0.1) is 0 Å². The summed E-state index contributed by atoms with van der Waals surface area (Å²) >= 11 is 0. The zero-order valence-corrected chi connectivity index (χ0v) is 24.8. The molecule has 1 heterocycles. The molecule has 218 valence electrons. The lowest BCUT2D eigenvalue weighted by molar-refractivity contribution is -0.203. The predicted octanol–water partition coefficient (Wildman–Crippen LogP) is 5.20.